The van der Waals surface area contributed by atoms with Crippen LogP contribution in [0, 0.1) is 5.92 Å². The normalized spacial score (nSPS) is 16.2. The highest BCUT2D eigenvalue weighted by atomic mass is 32.2. The molecule has 0 fully saturated rings. The third-order valence-corrected chi connectivity index (χ3v) is 3.54. The number of sulfonamides is 1. The monoisotopic (exact) mass is 223 g/mol. The van der Waals surface area contributed by atoms with Gasteiger partial charge in [0.2, 0.25) is 10.0 Å². The lowest BCUT2D eigenvalue weighted by atomic mass is 10.0. The van der Waals surface area contributed by atoms with Crippen molar-refractivity contribution in [1.29, 1.82) is 0 Å². The van der Waals surface area contributed by atoms with Crippen molar-refractivity contribution < 1.29 is 18.3 Å². The standard InChI is InChI=1S/C8H17NO4S/c1-4-6(3)7(8(10)11)9-14(12,13)5-2/h6-7,9H,4-5H2,1-3H3,(H,10,11)/t6-,7-/m0/s1. The molecule has 0 rings (SSSR count). The summed E-state index contributed by atoms with van der Waals surface area (Å²) >= 11 is 0. The van der Waals surface area contributed by atoms with E-state index in [2.05, 4.69) is 4.72 Å². The second-order valence-electron chi connectivity index (χ2n) is 3.22. The zero-order valence-electron chi connectivity index (χ0n) is 8.65. The van der Waals surface area contributed by atoms with Gasteiger partial charge in [-0.05, 0) is 12.8 Å². The summed E-state index contributed by atoms with van der Waals surface area (Å²) in [6.45, 7) is 5.00. The third-order valence-electron chi connectivity index (χ3n) is 2.17. The van der Waals surface area contributed by atoms with Gasteiger partial charge < -0.3 is 5.11 Å². The summed E-state index contributed by atoms with van der Waals surface area (Å²) < 4.78 is 24.5. The highest BCUT2D eigenvalue weighted by Crippen LogP contribution is 2.09. The molecule has 14 heavy (non-hydrogen) atoms. The first kappa shape index (κ1) is 13.4. The summed E-state index contributed by atoms with van der Waals surface area (Å²) in [7, 11) is -3.45. The van der Waals surface area contributed by atoms with Gasteiger partial charge in [-0.3, -0.25) is 4.79 Å². The molecule has 84 valence electrons. The number of rotatable bonds is 6. The molecule has 0 aliphatic rings. The van der Waals surface area contributed by atoms with Crippen LogP contribution in [0.3, 0.4) is 0 Å². The molecule has 0 aromatic heterocycles. The SMILES string of the molecule is CC[C@H](C)[C@H](NS(=O)(=O)CC)C(=O)O. The fourth-order valence-corrected chi connectivity index (χ4v) is 1.81. The van der Waals surface area contributed by atoms with E-state index in [1.807, 2.05) is 6.92 Å². The zero-order chi connectivity index (χ0) is 11.4. The Morgan fingerprint density at radius 2 is 1.93 bits per heavy atom. The molecule has 0 aliphatic heterocycles. The maximum atomic E-state index is 11.2. The molecule has 0 amide bonds. The second kappa shape index (κ2) is 5.31. The molecule has 0 spiro atoms. The van der Waals surface area contributed by atoms with E-state index >= 15 is 0 Å². The number of hydrogen-bond acceptors (Lipinski definition) is 3. The lowest BCUT2D eigenvalue weighted by Crippen LogP contribution is -2.45. The van der Waals surface area contributed by atoms with E-state index in [1.165, 1.54) is 6.92 Å². The number of nitrogens with one attached hydrogen (secondary N) is 1. The Morgan fingerprint density at radius 1 is 1.43 bits per heavy atom. The predicted octanol–water partition coefficient (Wildman–Crippen LogP) is 0.425. The van der Waals surface area contributed by atoms with Crippen molar-refractivity contribution >= 4 is 16.0 Å². The number of carboxylic acids is 1. The minimum absolute atomic E-state index is 0.104. The zero-order valence-corrected chi connectivity index (χ0v) is 9.47. The summed E-state index contributed by atoms with van der Waals surface area (Å²) in [4.78, 5) is 10.8. The van der Waals surface area contributed by atoms with Crippen molar-refractivity contribution in [3.63, 3.8) is 0 Å². The Morgan fingerprint density at radius 3 is 2.21 bits per heavy atom. The lowest BCUT2D eigenvalue weighted by molar-refractivity contribution is -0.140. The third kappa shape index (κ3) is 4.06. The first-order valence-electron chi connectivity index (χ1n) is 4.56. The summed E-state index contributed by atoms with van der Waals surface area (Å²) in [5, 5.41) is 8.81. The van der Waals surface area contributed by atoms with Gasteiger partial charge in [-0.2, -0.15) is 0 Å². The summed E-state index contributed by atoms with van der Waals surface area (Å²) in [6, 6.07) is -1.02. The molecular formula is C8H17NO4S. The maximum absolute atomic E-state index is 11.2. The fourth-order valence-electron chi connectivity index (χ4n) is 0.922. The number of carboxylic acid groups (broad SMARTS) is 1. The van der Waals surface area contributed by atoms with Gasteiger partial charge in [0, 0.05) is 0 Å². The number of carbonyl (C=O) groups is 1. The molecular weight excluding hydrogens is 206 g/mol. The Balaban J connectivity index is 4.63. The van der Waals surface area contributed by atoms with Crippen LogP contribution in [0.5, 0.6) is 0 Å². The van der Waals surface area contributed by atoms with Crippen LogP contribution in [-0.4, -0.2) is 31.3 Å². The van der Waals surface area contributed by atoms with Crippen LogP contribution in [0.2, 0.25) is 0 Å². The highest BCUT2D eigenvalue weighted by molar-refractivity contribution is 7.89. The van der Waals surface area contributed by atoms with Gasteiger partial charge in [-0.25, -0.2) is 13.1 Å². The van der Waals surface area contributed by atoms with Crippen molar-refractivity contribution in [2.45, 2.75) is 33.2 Å². The Kier molecular flexibility index (Phi) is 5.07. The maximum Gasteiger partial charge on any atom is 0.322 e. The van der Waals surface area contributed by atoms with Crippen molar-refractivity contribution in [2.75, 3.05) is 5.75 Å². The van der Waals surface area contributed by atoms with E-state index in [1.54, 1.807) is 6.92 Å². The van der Waals surface area contributed by atoms with Crippen molar-refractivity contribution in [1.82, 2.24) is 4.72 Å². The van der Waals surface area contributed by atoms with Crippen molar-refractivity contribution in [2.24, 2.45) is 5.92 Å². The van der Waals surface area contributed by atoms with Crippen LogP contribution in [-0.2, 0) is 14.8 Å². The van der Waals surface area contributed by atoms with Gasteiger partial charge in [-0.15, -0.1) is 0 Å². The lowest BCUT2D eigenvalue weighted by Gasteiger charge is -2.19. The van der Waals surface area contributed by atoms with Crippen LogP contribution in [0.15, 0.2) is 0 Å². The quantitative estimate of drug-likeness (QED) is 0.683. The Hall–Kier alpha value is -0.620. The van der Waals surface area contributed by atoms with E-state index in [4.69, 9.17) is 5.11 Å². The molecule has 0 saturated heterocycles. The Bertz CT molecular complexity index is 286. The molecule has 0 aromatic carbocycles. The molecule has 2 N–H and O–H groups in total. The molecule has 0 aromatic rings. The molecule has 2 atom stereocenters. The molecule has 0 bridgehead atoms. The van der Waals surface area contributed by atoms with Gasteiger partial charge in [0.25, 0.3) is 0 Å². The number of aliphatic carboxylic acids is 1. The summed E-state index contributed by atoms with van der Waals surface area (Å²) in [6.07, 6.45) is 0.614. The summed E-state index contributed by atoms with van der Waals surface area (Å²) in [5.74, 6) is -1.45. The van der Waals surface area contributed by atoms with Crippen LogP contribution in [0.4, 0.5) is 0 Å². The smallest absolute Gasteiger partial charge is 0.322 e. The Labute approximate surface area is 84.6 Å². The molecule has 6 heteroatoms. The molecule has 5 nitrogen and oxygen atoms in total. The van der Waals surface area contributed by atoms with Gasteiger partial charge in [0.15, 0.2) is 0 Å². The summed E-state index contributed by atoms with van der Waals surface area (Å²) in [5.41, 5.74) is 0. The van der Waals surface area contributed by atoms with Crippen LogP contribution in [0.1, 0.15) is 27.2 Å². The largest absolute Gasteiger partial charge is 0.480 e. The van der Waals surface area contributed by atoms with Crippen LogP contribution >= 0.6 is 0 Å². The van der Waals surface area contributed by atoms with E-state index < -0.39 is 22.0 Å². The molecule has 0 radical (unpaired) electrons. The molecule has 0 unspecified atom stereocenters. The van der Waals surface area contributed by atoms with Gasteiger partial charge >= 0.3 is 5.97 Å². The van der Waals surface area contributed by atoms with Crippen LogP contribution in [0.25, 0.3) is 0 Å². The van der Waals surface area contributed by atoms with E-state index in [-0.39, 0.29) is 11.7 Å². The second-order valence-corrected chi connectivity index (χ2v) is 5.27. The number of hydrogen-bond donors (Lipinski definition) is 2. The molecule has 0 aliphatic carbocycles. The minimum Gasteiger partial charge on any atom is -0.480 e. The molecule has 0 saturated carbocycles. The first-order valence-corrected chi connectivity index (χ1v) is 6.22. The van der Waals surface area contributed by atoms with E-state index in [0.717, 1.165) is 0 Å². The fraction of sp³-hybridized carbons (Fsp3) is 0.875. The topological polar surface area (TPSA) is 83.5 Å². The van der Waals surface area contributed by atoms with E-state index in [0.29, 0.717) is 6.42 Å². The van der Waals surface area contributed by atoms with Crippen molar-refractivity contribution in [3.05, 3.63) is 0 Å². The minimum atomic E-state index is -3.45. The molecule has 0 heterocycles. The first-order chi connectivity index (χ1) is 6.34. The van der Waals surface area contributed by atoms with Crippen LogP contribution < -0.4 is 4.72 Å². The van der Waals surface area contributed by atoms with E-state index in [9.17, 15) is 13.2 Å². The average Bonchev–Trinajstić information content (AvgIpc) is 2.13. The van der Waals surface area contributed by atoms with Gasteiger partial charge in [0.1, 0.15) is 6.04 Å². The average molecular weight is 223 g/mol. The highest BCUT2D eigenvalue weighted by Gasteiger charge is 2.27. The van der Waals surface area contributed by atoms with Gasteiger partial charge in [0.05, 0.1) is 5.75 Å². The van der Waals surface area contributed by atoms with Gasteiger partial charge in [-0.1, -0.05) is 20.3 Å². The predicted molar refractivity (Wildman–Crippen MR) is 53.5 cm³/mol. The van der Waals surface area contributed by atoms with Crippen molar-refractivity contribution in [3.8, 4) is 0 Å².